The number of benzene rings is 2. The molecular formula is C33H38ClFN2O5S. The molecule has 7 nitrogen and oxygen atoms in total. The first-order valence-corrected chi connectivity index (χ1v) is 17.4. The van der Waals surface area contributed by atoms with Crippen molar-refractivity contribution >= 4 is 33.2 Å². The van der Waals surface area contributed by atoms with Crippen LogP contribution in [0.3, 0.4) is 0 Å². The maximum Gasteiger partial charge on any atom is 0.264 e. The number of rotatable bonds is 1. The monoisotopic (exact) mass is 628 g/mol. The predicted octanol–water partition coefficient (Wildman–Crippen LogP) is 5.65. The molecule has 43 heavy (non-hydrogen) atoms. The van der Waals surface area contributed by atoms with Gasteiger partial charge in [0.2, 0.25) is 10.0 Å². The van der Waals surface area contributed by atoms with E-state index in [2.05, 4.69) is 15.7 Å². The number of nitrogens with one attached hydrogen (secondary N) is 1. The molecule has 0 saturated heterocycles. The van der Waals surface area contributed by atoms with Gasteiger partial charge in [0.25, 0.3) is 5.91 Å². The number of carbonyl (C=O) groups excluding carboxylic acids is 1. The van der Waals surface area contributed by atoms with Gasteiger partial charge in [-0.2, -0.15) is 0 Å². The Bertz CT molecular complexity index is 1610. The number of methoxy groups -OCH3 is 1. The lowest BCUT2D eigenvalue weighted by Gasteiger charge is -2.48. The van der Waals surface area contributed by atoms with Gasteiger partial charge >= 0.3 is 0 Å². The zero-order chi connectivity index (χ0) is 30.1. The van der Waals surface area contributed by atoms with Crippen LogP contribution >= 0.6 is 11.6 Å². The van der Waals surface area contributed by atoms with E-state index in [1.165, 1.54) is 5.57 Å². The van der Waals surface area contributed by atoms with E-state index in [1.54, 1.807) is 31.4 Å². The number of fused-ring (bicyclic) bond motifs is 6. The third-order valence-corrected chi connectivity index (χ3v) is 12.5. The Balaban J connectivity index is 1.31. The highest BCUT2D eigenvalue weighted by Crippen LogP contribution is 2.49. The number of nitrogens with zero attached hydrogens (tertiary/aromatic N) is 1. The summed E-state index contributed by atoms with van der Waals surface area (Å²) in [6.45, 7) is 3.60. The van der Waals surface area contributed by atoms with Crippen LogP contribution in [0.4, 0.5) is 10.1 Å². The van der Waals surface area contributed by atoms with Crippen molar-refractivity contribution in [2.75, 3.05) is 37.5 Å². The van der Waals surface area contributed by atoms with Crippen LogP contribution < -0.4 is 14.4 Å². The summed E-state index contributed by atoms with van der Waals surface area (Å²) in [4.78, 5) is 15.6. The van der Waals surface area contributed by atoms with Crippen LogP contribution in [0.1, 0.15) is 60.5 Å². The van der Waals surface area contributed by atoms with Crippen LogP contribution in [-0.4, -0.2) is 53.0 Å². The minimum absolute atomic E-state index is 0.000975. The van der Waals surface area contributed by atoms with Gasteiger partial charge in [0, 0.05) is 31.2 Å². The van der Waals surface area contributed by atoms with Crippen molar-refractivity contribution in [1.82, 2.24) is 4.72 Å². The third kappa shape index (κ3) is 5.05. The number of halogens is 2. The van der Waals surface area contributed by atoms with Gasteiger partial charge in [0.1, 0.15) is 11.6 Å². The maximum absolute atomic E-state index is 15.3. The first-order chi connectivity index (χ1) is 20.6. The molecule has 1 saturated carbocycles. The maximum atomic E-state index is 15.3. The molecule has 0 unspecified atom stereocenters. The highest BCUT2D eigenvalue weighted by molar-refractivity contribution is 7.90. The number of amides is 1. The highest BCUT2D eigenvalue weighted by atomic mass is 35.5. The number of sulfonamides is 1. The van der Waals surface area contributed by atoms with Gasteiger partial charge in [0.15, 0.2) is 0 Å². The number of hydrogen-bond donors (Lipinski definition) is 1. The van der Waals surface area contributed by atoms with E-state index in [0.717, 1.165) is 49.9 Å². The molecule has 8 rings (SSSR count). The first-order valence-electron chi connectivity index (χ1n) is 15.3. The lowest BCUT2D eigenvalue weighted by molar-refractivity contribution is -0.000287. The molecule has 0 aromatic heterocycles. The van der Waals surface area contributed by atoms with Crippen LogP contribution in [0.25, 0.3) is 0 Å². The average Bonchev–Trinajstić information content (AvgIpc) is 3.07. The Hall–Kier alpha value is -2.62. The molecule has 6 aliphatic rings. The van der Waals surface area contributed by atoms with Gasteiger partial charge < -0.3 is 14.4 Å². The van der Waals surface area contributed by atoms with Gasteiger partial charge in [-0.1, -0.05) is 30.7 Å². The van der Waals surface area contributed by atoms with E-state index < -0.39 is 21.3 Å². The molecule has 2 aromatic carbocycles. The van der Waals surface area contributed by atoms with E-state index in [4.69, 9.17) is 21.1 Å². The molecule has 10 heteroatoms. The van der Waals surface area contributed by atoms with Gasteiger partial charge in [0.05, 0.1) is 29.2 Å². The standard InChI is InChI=1S/C33H38ClFN2O5S/c1-19-16-43(39,40)36-32(38)20-6-10-29-28(14-20)37(15-21-5-7-24(21)31(41-2)23-12-22(19)13-23)17-33(18-42-29)11-3-4-25-26(33)8-9-27(34)30(25)35/h6,8-10,12,14,19,21-22,24,31H,3-5,7,11,13,15-18H2,1-2H3,(H,36,38)/t19-,21+,22-,24-,31+,33+/m1/s1. The van der Waals surface area contributed by atoms with Crippen LogP contribution in [-0.2, 0) is 26.6 Å². The zero-order valence-electron chi connectivity index (χ0n) is 24.6. The van der Waals surface area contributed by atoms with E-state index in [-0.39, 0.29) is 40.1 Å². The van der Waals surface area contributed by atoms with Crippen molar-refractivity contribution in [3.05, 3.63) is 69.5 Å². The van der Waals surface area contributed by atoms with Crippen molar-refractivity contribution in [3.8, 4) is 5.75 Å². The van der Waals surface area contributed by atoms with E-state index in [0.29, 0.717) is 42.7 Å². The van der Waals surface area contributed by atoms with Crippen molar-refractivity contribution in [3.63, 3.8) is 0 Å². The van der Waals surface area contributed by atoms with Crippen molar-refractivity contribution in [1.29, 1.82) is 0 Å². The molecule has 2 aromatic rings. The molecule has 1 N–H and O–H groups in total. The van der Waals surface area contributed by atoms with Gasteiger partial charge in [-0.3, -0.25) is 4.79 Å². The van der Waals surface area contributed by atoms with Crippen LogP contribution in [0.15, 0.2) is 42.0 Å². The minimum Gasteiger partial charge on any atom is -0.490 e. The molecule has 3 aliphatic heterocycles. The summed E-state index contributed by atoms with van der Waals surface area (Å²) >= 11 is 6.20. The summed E-state index contributed by atoms with van der Waals surface area (Å²) in [5.74, 6) is 0.232. The SMILES string of the molecule is CO[C@H]1C2=C[C@H](C2)[C@H](C)CS(=O)(=O)NC(=O)c2ccc3c(c2)N(C[C@@H]2CC[C@H]21)C[C@@]1(CCCc2c1ccc(Cl)c2F)CO3. The van der Waals surface area contributed by atoms with Crippen LogP contribution in [0.5, 0.6) is 5.75 Å². The third-order valence-electron chi connectivity index (χ3n) is 10.7. The second kappa shape index (κ2) is 10.8. The lowest BCUT2D eigenvalue weighted by atomic mass is 9.64. The van der Waals surface area contributed by atoms with E-state index in [9.17, 15) is 13.2 Å². The largest absolute Gasteiger partial charge is 0.490 e. The summed E-state index contributed by atoms with van der Waals surface area (Å²) in [7, 11) is -2.08. The van der Waals surface area contributed by atoms with Crippen molar-refractivity contribution in [2.24, 2.45) is 23.7 Å². The van der Waals surface area contributed by atoms with Gasteiger partial charge in [-0.05, 0) is 103 Å². The first kappa shape index (κ1) is 29.1. The lowest BCUT2D eigenvalue weighted by Crippen LogP contribution is -2.50. The molecule has 6 atom stereocenters. The minimum atomic E-state index is -3.85. The second-order valence-electron chi connectivity index (χ2n) is 13.3. The predicted molar refractivity (Wildman–Crippen MR) is 164 cm³/mol. The van der Waals surface area contributed by atoms with Crippen molar-refractivity contribution < 1.29 is 27.1 Å². The molecule has 230 valence electrons. The number of allylic oxidation sites excluding steroid dienone is 1. The summed E-state index contributed by atoms with van der Waals surface area (Å²) in [5.41, 5.74) is 3.39. The normalized spacial score (nSPS) is 33.0. The molecule has 3 heterocycles. The summed E-state index contributed by atoms with van der Waals surface area (Å²) in [6, 6.07) is 8.73. The Morgan fingerprint density at radius 1 is 1.21 bits per heavy atom. The molecule has 4 bridgehead atoms. The van der Waals surface area contributed by atoms with Crippen LogP contribution in [0, 0.1) is 29.5 Å². The fourth-order valence-corrected chi connectivity index (χ4v) is 9.79. The quantitative estimate of drug-likeness (QED) is 0.411. The van der Waals surface area contributed by atoms with Crippen molar-refractivity contribution in [2.45, 2.75) is 57.0 Å². The topological polar surface area (TPSA) is 84.9 Å². The number of hydrogen-bond acceptors (Lipinski definition) is 6. The summed E-state index contributed by atoms with van der Waals surface area (Å²) < 4.78 is 56.2. The molecule has 1 spiro atoms. The van der Waals surface area contributed by atoms with E-state index in [1.807, 2.05) is 13.0 Å². The van der Waals surface area contributed by atoms with Crippen LogP contribution in [0.2, 0.25) is 5.02 Å². The van der Waals surface area contributed by atoms with E-state index >= 15 is 4.39 Å². The average molecular weight is 629 g/mol. The Labute approximate surface area is 257 Å². The van der Waals surface area contributed by atoms with Gasteiger partial charge in [-0.25, -0.2) is 17.5 Å². The molecule has 0 radical (unpaired) electrons. The highest BCUT2D eigenvalue weighted by Gasteiger charge is 2.46. The fraction of sp³-hybridized carbons (Fsp3) is 0.545. The Morgan fingerprint density at radius 3 is 2.77 bits per heavy atom. The Kier molecular flexibility index (Phi) is 7.29. The number of carbonyl (C=O) groups is 1. The second-order valence-corrected chi connectivity index (χ2v) is 15.5. The van der Waals surface area contributed by atoms with Gasteiger partial charge in [-0.15, -0.1) is 0 Å². The summed E-state index contributed by atoms with van der Waals surface area (Å²) in [6.07, 6.45) is 7.40. The summed E-state index contributed by atoms with van der Waals surface area (Å²) in [5, 5.41) is 0.133. The molecule has 1 fully saturated rings. The molecular weight excluding hydrogens is 591 g/mol. The molecule has 1 amide bonds. The fourth-order valence-electron chi connectivity index (χ4n) is 8.19. The molecule has 3 aliphatic carbocycles. The number of anilines is 1. The number of ether oxygens (including phenoxy) is 2. The Morgan fingerprint density at radius 2 is 2.02 bits per heavy atom. The smallest absolute Gasteiger partial charge is 0.264 e. The zero-order valence-corrected chi connectivity index (χ0v) is 26.1.